The molecule has 0 aliphatic heterocycles. The summed E-state index contributed by atoms with van der Waals surface area (Å²) in [5, 5.41) is 0. The van der Waals surface area contributed by atoms with Crippen LogP contribution in [0.5, 0.6) is 0 Å². The van der Waals surface area contributed by atoms with Gasteiger partial charge in [-0.2, -0.15) is 0 Å². The van der Waals surface area contributed by atoms with Crippen molar-refractivity contribution in [2.24, 2.45) is 5.73 Å². The largest absolute Gasteiger partial charge is 0.369 e. The Morgan fingerprint density at radius 1 is 1.12 bits per heavy atom. The van der Waals surface area contributed by atoms with Crippen molar-refractivity contribution in [3.05, 3.63) is 29.8 Å². The van der Waals surface area contributed by atoms with Crippen LogP contribution in [0.1, 0.15) is 45.6 Å². The van der Waals surface area contributed by atoms with Gasteiger partial charge in [-0.25, -0.2) is 0 Å². The number of nitrogens with two attached hydrogens (primary N) is 1. The Morgan fingerprint density at radius 2 is 1.76 bits per heavy atom. The molecule has 1 aromatic carbocycles. The molecule has 17 heavy (non-hydrogen) atoms. The molecule has 2 nitrogen and oxygen atoms in total. The first-order valence-electron chi connectivity index (χ1n) is 6.74. The lowest BCUT2D eigenvalue weighted by Crippen LogP contribution is -2.31. The van der Waals surface area contributed by atoms with E-state index in [0.717, 1.165) is 6.54 Å². The van der Waals surface area contributed by atoms with Crippen LogP contribution in [0.15, 0.2) is 24.3 Å². The van der Waals surface area contributed by atoms with Gasteiger partial charge in [0, 0.05) is 24.8 Å². The van der Waals surface area contributed by atoms with Gasteiger partial charge in [-0.15, -0.1) is 0 Å². The molecule has 1 rings (SSSR count). The van der Waals surface area contributed by atoms with Crippen LogP contribution in [0.3, 0.4) is 0 Å². The van der Waals surface area contributed by atoms with Gasteiger partial charge in [0.05, 0.1) is 0 Å². The van der Waals surface area contributed by atoms with E-state index in [9.17, 15) is 0 Å². The average molecular weight is 234 g/mol. The molecule has 0 saturated carbocycles. The van der Waals surface area contributed by atoms with Gasteiger partial charge in [0.1, 0.15) is 0 Å². The minimum Gasteiger partial charge on any atom is -0.369 e. The molecule has 2 N–H and O–H groups in total. The van der Waals surface area contributed by atoms with Crippen LogP contribution in [-0.4, -0.2) is 12.6 Å². The van der Waals surface area contributed by atoms with Gasteiger partial charge in [-0.3, -0.25) is 0 Å². The SMILES string of the molecule is CCCCCN(c1ccc(CN)cc1)C(C)C. The summed E-state index contributed by atoms with van der Waals surface area (Å²) >= 11 is 0. The first-order valence-corrected chi connectivity index (χ1v) is 6.74. The summed E-state index contributed by atoms with van der Waals surface area (Å²) in [6, 6.07) is 9.19. The molecule has 0 atom stereocenters. The summed E-state index contributed by atoms with van der Waals surface area (Å²) in [5.41, 5.74) is 8.13. The number of hydrogen-bond donors (Lipinski definition) is 1. The molecule has 0 unspecified atom stereocenters. The fourth-order valence-electron chi connectivity index (χ4n) is 2.04. The Morgan fingerprint density at radius 3 is 2.24 bits per heavy atom. The quantitative estimate of drug-likeness (QED) is 0.731. The zero-order valence-corrected chi connectivity index (χ0v) is 11.4. The highest BCUT2D eigenvalue weighted by Gasteiger charge is 2.09. The highest BCUT2D eigenvalue weighted by molar-refractivity contribution is 5.48. The lowest BCUT2D eigenvalue weighted by molar-refractivity contribution is 0.626. The molecule has 0 radical (unpaired) electrons. The third-order valence-electron chi connectivity index (χ3n) is 3.13. The van der Waals surface area contributed by atoms with Crippen molar-refractivity contribution in [2.75, 3.05) is 11.4 Å². The van der Waals surface area contributed by atoms with Gasteiger partial charge in [0.15, 0.2) is 0 Å². The second-order valence-electron chi connectivity index (χ2n) is 4.86. The lowest BCUT2D eigenvalue weighted by atomic mass is 10.1. The van der Waals surface area contributed by atoms with E-state index in [2.05, 4.69) is 49.9 Å². The third kappa shape index (κ3) is 4.39. The molecule has 0 spiro atoms. The number of nitrogens with zero attached hydrogens (tertiary/aromatic N) is 1. The molecule has 96 valence electrons. The second kappa shape index (κ2) is 7.33. The minimum atomic E-state index is 0.551. The summed E-state index contributed by atoms with van der Waals surface area (Å²) in [7, 11) is 0. The molecular weight excluding hydrogens is 208 g/mol. The molecule has 0 heterocycles. The van der Waals surface area contributed by atoms with E-state index in [4.69, 9.17) is 5.73 Å². The molecule has 0 saturated heterocycles. The molecule has 2 heteroatoms. The van der Waals surface area contributed by atoms with Crippen LogP contribution in [0.2, 0.25) is 0 Å². The highest BCUT2D eigenvalue weighted by atomic mass is 15.1. The van der Waals surface area contributed by atoms with Crippen LogP contribution in [-0.2, 0) is 6.54 Å². The van der Waals surface area contributed by atoms with E-state index in [-0.39, 0.29) is 0 Å². The second-order valence-corrected chi connectivity index (χ2v) is 4.86. The van der Waals surface area contributed by atoms with Gasteiger partial charge in [-0.1, -0.05) is 31.9 Å². The van der Waals surface area contributed by atoms with Crippen LogP contribution in [0, 0.1) is 0 Å². The summed E-state index contributed by atoms with van der Waals surface area (Å²) in [5.74, 6) is 0. The number of benzene rings is 1. The fourth-order valence-corrected chi connectivity index (χ4v) is 2.04. The molecular formula is C15H26N2. The minimum absolute atomic E-state index is 0.551. The van der Waals surface area contributed by atoms with E-state index in [1.54, 1.807) is 0 Å². The van der Waals surface area contributed by atoms with Crippen LogP contribution >= 0.6 is 0 Å². The summed E-state index contributed by atoms with van der Waals surface area (Å²) in [6.07, 6.45) is 3.86. The predicted molar refractivity (Wildman–Crippen MR) is 76.3 cm³/mol. The van der Waals surface area contributed by atoms with Crippen molar-refractivity contribution >= 4 is 5.69 Å². The topological polar surface area (TPSA) is 29.3 Å². The van der Waals surface area contributed by atoms with E-state index in [1.165, 1.54) is 30.5 Å². The zero-order valence-electron chi connectivity index (χ0n) is 11.4. The van der Waals surface area contributed by atoms with Crippen molar-refractivity contribution in [3.63, 3.8) is 0 Å². The summed E-state index contributed by atoms with van der Waals surface area (Å²) in [6.45, 7) is 8.52. The van der Waals surface area contributed by atoms with Crippen molar-refractivity contribution in [1.29, 1.82) is 0 Å². The van der Waals surface area contributed by atoms with Gasteiger partial charge < -0.3 is 10.6 Å². The van der Waals surface area contributed by atoms with Gasteiger partial charge in [-0.05, 0) is 38.0 Å². The molecule has 1 aromatic rings. The van der Waals surface area contributed by atoms with E-state index < -0.39 is 0 Å². The standard InChI is InChI=1S/C15H26N2/c1-4-5-6-11-17(13(2)3)15-9-7-14(12-16)8-10-15/h7-10,13H,4-6,11-12,16H2,1-3H3. The molecule has 0 aromatic heterocycles. The lowest BCUT2D eigenvalue weighted by Gasteiger charge is -2.29. The first kappa shape index (κ1) is 14.0. The smallest absolute Gasteiger partial charge is 0.0368 e. The van der Waals surface area contributed by atoms with Crippen LogP contribution in [0.25, 0.3) is 0 Å². The number of rotatable bonds is 7. The van der Waals surface area contributed by atoms with Crippen molar-refractivity contribution < 1.29 is 0 Å². The maximum Gasteiger partial charge on any atom is 0.0368 e. The first-order chi connectivity index (χ1) is 8.19. The third-order valence-corrected chi connectivity index (χ3v) is 3.13. The van der Waals surface area contributed by atoms with Gasteiger partial charge >= 0.3 is 0 Å². The zero-order chi connectivity index (χ0) is 12.7. The average Bonchev–Trinajstić information content (AvgIpc) is 2.34. The molecule has 0 aliphatic carbocycles. The van der Waals surface area contributed by atoms with Crippen molar-refractivity contribution in [3.8, 4) is 0 Å². The normalized spacial score (nSPS) is 10.9. The van der Waals surface area contributed by atoms with Gasteiger partial charge in [0.25, 0.3) is 0 Å². The van der Waals surface area contributed by atoms with Gasteiger partial charge in [0.2, 0.25) is 0 Å². The van der Waals surface area contributed by atoms with Crippen molar-refractivity contribution in [1.82, 2.24) is 0 Å². The monoisotopic (exact) mass is 234 g/mol. The molecule has 0 amide bonds. The molecule has 0 fully saturated rings. The molecule has 0 aliphatic rings. The number of unbranched alkanes of at least 4 members (excludes halogenated alkanes) is 2. The summed E-state index contributed by atoms with van der Waals surface area (Å²) in [4.78, 5) is 2.47. The van der Waals surface area contributed by atoms with E-state index in [0.29, 0.717) is 12.6 Å². The molecule has 0 bridgehead atoms. The maximum absolute atomic E-state index is 5.62. The number of anilines is 1. The van der Waals surface area contributed by atoms with Crippen molar-refractivity contribution in [2.45, 2.75) is 52.6 Å². The number of hydrogen-bond acceptors (Lipinski definition) is 2. The van der Waals surface area contributed by atoms with E-state index >= 15 is 0 Å². The predicted octanol–water partition coefficient (Wildman–Crippen LogP) is 3.55. The Balaban J connectivity index is 2.68. The summed E-state index contributed by atoms with van der Waals surface area (Å²) < 4.78 is 0. The highest BCUT2D eigenvalue weighted by Crippen LogP contribution is 2.18. The van der Waals surface area contributed by atoms with Crippen LogP contribution in [0.4, 0.5) is 5.69 Å². The Kier molecular flexibility index (Phi) is 6.06. The maximum atomic E-state index is 5.62. The van der Waals surface area contributed by atoms with E-state index in [1.807, 2.05) is 0 Å². The Bertz CT molecular complexity index is 303. The van der Waals surface area contributed by atoms with Crippen LogP contribution < -0.4 is 10.6 Å². The Labute approximate surface area is 106 Å². The Hall–Kier alpha value is -1.02. The fraction of sp³-hybridized carbons (Fsp3) is 0.600.